The molecule has 24 heavy (non-hydrogen) atoms. The zero-order valence-corrected chi connectivity index (χ0v) is 12.7. The number of alkyl halides is 3. The molecule has 1 atom stereocenters. The molecule has 1 amide bonds. The van der Waals surface area contributed by atoms with Crippen LogP contribution in [0.25, 0.3) is 6.08 Å². The van der Waals surface area contributed by atoms with Crippen molar-refractivity contribution in [3.05, 3.63) is 64.6 Å². The minimum atomic E-state index is -4.48. The maximum absolute atomic E-state index is 13.1. The van der Waals surface area contributed by atoms with Crippen LogP contribution in [0, 0.1) is 5.92 Å². The van der Waals surface area contributed by atoms with Crippen molar-refractivity contribution >= 4 is 12.0 Å². The Morgan fingerprint density at radius 1 is 1.25 bits per heavy atom. The van der Waals surface area contributed by atoms with Gasteiger partial charge < -0.3 is 10.4 Å². The molecule has 3 nitrogen and oxygen atoms in total. The average molecular weight is 335 g/mol. The van der Waals surface area contributed by atoms with Gasteiger partial charge in [-0.3, -0.25) is 4.79 Å². The minimum absolute atomic E-state index is 0.139. The second-order valence-electron chi connectivity index (χ2n) is 5.85. The highest BCUT2D eigenvalue weighted by Gasteiger charge is 2.37. The summed E-state index contributed by atoms with van der Waals surface area (Å²) in [6.45, 7) is 0. The van der Waals surface area contributed by atoms with E-state index >= 15 is 0 Å². The van der Waals surface area contributed by atoms with E-state index in [0.717, 1.165) is 11.1 Å². The van der Waals surface area contributed by atoms with Gasteiger partial charge in [0, 0.05) is 5.70 Å². The quantitative estimate of drug-likeness (QED) is 0.857. The topological polar surface area (TPSA) is 49.3 Å². The number of hydrogen-bond donors (Lipinski definition) is 2. The summed E-state index contributed by atoms with van der Waals surface area (Å²) >= 11 is 0. The predicted octanol–water partition coefficient (Wildman–Crippen LogP) is 4.04. The Labute approximate surface area is 137 Å². The molecular formula is C18H16F3NO2. The number of fused-ring (bicyclic) bond motifs is 1. The molecule has 0 aliphatic heterocycles. The van der Waals surface area contributed by atoms with E-state index in [4.69, 9.17) is 0 Å². The SMILES string of the molecule is O=C(NC1=C(C(F)(F)F)CCC=C1)C1Cc2ccccc2C=C1O. The molecule has 3 rings (SSSR count). The van der Waals surface area contributed by atoms with E-state index in [1.54, 1.807) is 6.08 Å². The van der Waals surface area contributed by atoms with Crippen LogP contribution in [0.2, 0.25) is 0 Å². The van der Waals surface area contributed by atoms with Crippen molar-refractivity contribution in [2.24, 2.45) is 5.92 Å². The third-order valence-electron chi connectivity index (χ3n) is 4.23. The summed E-state index contributed by atoms with van der Waals surface area (Å²) in [6.07, 6.45) is 0.255. The molecule has 2 N–H and O–H groups in total. The van der Waals surface area contributed by atoms with Gasteiger partial charge in [0.15, 0.2) is 0 Å². The first-order valence-electron chi connectivity index (χ1n) is 7.62. The summed E-state index contributed by atoms with van der Waals surface area (Å²) in [4.78, 5) is 12.4. The maximum Gasteiger partial charge on any atom is 0.414 e. The van der Waals surface area contributed by atoms with Gasteiger partial charge in [-0.1, -0.05) is 30.3 Å². The molecule has 0 saturated carbocycles. The van der Waals surface area contributed by atoms with Crippen LogP contribution < -0.4 is 5.32 Å². The van der Waals surface area contributed by atoms with E-state index < -0.39 is 23.6 Å². The van der Waals surface area contributed by atoms with E-state index in [2.05, 4.69) is 5.32 Å². The number of amides is 1. The van der Waals surface area contributed by atoms with Crippen LogP contribution in [-0.4, -0.2) is 17.2 Å². The molecule has 1 aromatic rings. The van der Waals surface area contributed by atoms with E-state index in [0.29, 0.717) is 0 Å². The molecular weight excluding hydrogens is 319 g/mol. The Kier molecular flexibility index (Phi) is 4.22. The molecule has 0 saturated heterocycles. The molecule has 0 radical (unpaired) electrons. The predicted molar refractivity (Wildman–Crippen MR) is 83.8 cm³/mol. The van der Waals surface area contributed by atoms with Crippen LogP contribution in [0.1, 0.15) is 24.0 Å². The lowest BCUT2D eigenvalue weighted by Gasteiger charge is -2.24. The van der Waals surface area contributed by atoms with E-state index in [1.165, 1.54) is 12.2 Å². The van der Waals surface area contributed by atoms with Gasteiger partial charge in [0.1, 0.15) is 5.76 Å². The lowest BCUT2D eigenvalue weighted by atomic mass is 9.87. The van der Waals surface area contributed by atoms with Gasteiger partial charge in [0.05, 0.1) is 11.5 Å². The molecule has 126 valence electrons. The molecule has 0 aromatic heterocycles. The minimum Gasteiger partial charge on any atom is -0.511 e. The highest BCUT2D eigenvalue weighted by atomic mass is 19.4. The first kappa shape index (κ1) is 16.4. The number of halogens is 3. The second-order valence-corrected chi connectivity index (χ2v) is 5.85. The monoisotopic (exact) mass is 335 g/mol. The van der Waals surface area contributed by atoms with Gasteiger partial charge in [-0.25, -0.2) is 0 Å². The number of carbonyl (C=O) groups is 1. The van der Waals surface area contributed by atoms with Crippen molar-refractivity contribution in [3.8, 4) is 0 Å². The maximum atomic E-state index is 13.1. The fourth-order valence-electron chi connectivity index (χ4n) is 2.97. The lowest BCUT2D eigenvalue weighted by Crippen LogP contribution is -2.35. The highest BCUT2D eigenvalue weighted by Crippen LogP contribution is 2.34. The summed E-state index contributed by atoms with van der Waals surface area (Å²) in [5.41, 5.74) is 0.718. The highest BCUT2D eigenvalue weighted by molar-refractivity contribution is 5.86. The molecule has 2 aliphatic carbocycles. The first-order valence-corrected chi connectivity index (χ1v) is 7.62. The Balaban J connectivity index is 1.83. The van der Waals surface area contributed by atoms with E-state index in [-0.39, 0.29) is 30.7 Å². The summed E-state index contributed by atoms with van der Waals surface area (Å²) in [5.74, 6) is -1.67. The number of nitrogens with one attached hydrogen (secondary N) is 1. The fourth-order valence-corrected chi connectivity index (χ4v) is 2.97. The fraction of sp³-hybridized carbons (Fsp3) is 0.278. The number of rotatable bonds is 2. The Morgan fingerprint density at radius 3 is 2.75 bits per heavy atom. The lowest BCUT2D eigenvalue weighted by molar-refractivity contribution is -0.124. The summed E-state index contributed by atoms with van der Waals surface area (Å²) in [7, 11) is 0. The van der Waals surface area contributed by atoms with Crippen molar-refractivity contribution in [2.45, 2.75) is 25.4 Å². The molecule has 2 aliphatic rings. The van der Waals surface area contributed by atoms with Gasteiger partial charge in [-0.2, -0.15) is 13.2 Å². The van der Waals surface area contributed by atoms with Crippen LogP contribution in [0.15, 0.2) is 53.4 Å². The summed E-state index contributed by atoms with van der Waals surface area (Å²) < 4.78 is 39.2. The molecule has 0 spiro atoms. The van der Waals surface area contributed by atoms with Gasteiger partial charge in [-0.15, -0.1) is 0 Å². The van der Waals surface area contributed by atoms with Crippen molar-refractivity contribution in [1.82, 2.24) is 5.32 Å². The third-order valence-corrected chi connectivity index (χ3v) is 4.23. The smallest absolute Gasteiger partial charge is 0.414 e. The van der Waals surface area contributed by atoms with Crippen molar-refractivity contribution in [1.29, 1.82) is 0 Å². The van der Waals surface area contributed by atoms with E-state index in [1.807, 2.05) is 24.3 Å². The molecule has 0 heterocycles. The number of hydrogen-bond acceptors (Lipinski definition) is 2. The normalized spacial score (nSPS) is 20.5. The van der Waals surface area contributed by atoms with Crippen LogP contribution in [-0.2, 0) is 11.2 Å². The first-order chi connectivity index (χ1) is 11.4. The van der Waals surface area contributed by atoms with Crippen LogP contribution >= 0.6 is 0 Å². The number of aliphatic hydroxyl groups excluding tert-OH is 1. The second kappa shape index (κ2) is 6.19. The van der Waals surface area contributed by atoms with Crippen molar-refractivity contribution < 1.29 is 23.1 Å². The van der Waals surface area contributed by atoms with Crippen LogP contribution in [0.3, 0.4) is 0 Å². The zero-order chi connectivity index (χ0) is 17.3. The Morgan fingerprint density at radius 2 is 2.00 bits per heavy atom. The van der Waals surface area contributed by atoms with Crippen LogP contribution in [0.4, 0.5) is 13.2 Å². The Hall–Kier alpha value is -2.50. The largest absolute Gasteiger partial charge is 0.511 e. The third kappa shape index (κ3) is 3.22. The standard InChI is InChI=1S/C18H16F3NO2/c19-18(20,21)14-7-3-4-8-15(14)22-17(24)13-9-11-5-1-2-6-12(11)10-16(13)23/h1-2,4-6,8,10,13,23H,3,7,9H2,(H,22,24). The van der Waals surface area contributed by atoms with E-state index in [9.17, 15) is 23.1 Å². The van der Waals surface area contributed by atoms with Gasteiger partial charge in [0.25, 0.3) is 0 Å². The van der Waals surface area contributed by atoms with Gasteiger partial charge >= 0.3 is 6.18 Å². The van der Waals surface area contributed by atoms with Crippen molar-refractivity contribution in [2.75, 3.05) is 0 Å². The number of carbonyl (C=O) groups excluding carboxylic acids is 1. The summed E-state index contributed by atoms with van der Waals surface area (Å²) in [6, 6.07) is 7.28. The molecule has 1 aromatic carbocycles. The zero-order valence-electron chi connectivity index (χ0n) is 12.7. The molecule has 0 fully saturated rings. The molecule has 1 unspecified atom stereocenters. The van der Waals surface area contributed by atoms with Gasteiger partial charge in [0.2, 0.25) is 5.91 Å². The number of benzene rings is 1. The summed E-state index contributed by atoms with van der Waals surface area (Å²) in [5, 5.41) is 12.4. The number of aliphatic hydroxyl groups is 1. The number of allylic oxidation sites excluding steroid dienone is 3. The van der Waals surface area contributed by atoms with Gasteiger partial charge in [-0.05, 0) is 42.5 Å². The molecule has 6 heteroatoms. The average Bonchev–Trinajstić information content (AvgIpc) is 2.53. The van der Waals surface area contributed by atoms with Crippen LogP contribution in [0.5, 0.6) is 0 Å². The molecule has 0 bridgehead atoms. The Bertz CT molecular complexity index is 760. The van der Waals surface area contributed by atoms with Crippen molar-refractivity contribution in [3.63, 3.8) is 0 Å².